The lowest BCUT2D eigenvalue weighted by atomic mass is 9.95. The van der Waals surface area contributed by atoms with Gasteiger partial charge in [0.2, 0.25) is 0 Å². The highest BCUT2D eigenvalue weighted by atomic mass is 16.3. The van der Waals surface area contributed by atoms with Crippen LogP contribution in [-0.4, -0.2) is 23.8 Å². The number of nitrogens with one attached hydrogen (secondary N) is 1. The molecule has 1 rings (SSSR count). The molecule has 1 aliphatic rings. The van der Waals surface area contributed by atoms with Gasteiger partial charge in [-0.15, -0.1) is 0 Å². The van der Waals surface area contributed by atoms with Crippen molar-refractivity contribution >= 4 is 0 Å². The van der Waals surface area contributed by atoms with E-state index in [1.54, 1.807) is 0 Å². The lowest BCUT2D eigenvalue weighted by Crippen LogP contribution is -2.40. The number of hydrogen-bond donors (Lipinski definition) is 2. The second-order valence-electron chi connectivity index (χ2n) is 3.37. The highest BCUT2D eigenvalue weighted by molar-refractivity contribution is 4.91. The quantitative estimate of drug-likeness (QED) is 0.655. The second kappa shape index (κ2) is 5.13. The smallest absolute Gasteiger partial charge is 0.119 e. The molecule has 0 aromatic carbocycles. The molecule has 0 aromatic heterocycles. The number of aliphatic hydroxyl groups excluding tert-OH is 1. The molecule has 2 N–H and O–H groups in total. The van der Waals surface area contributed by atoms with E-state index in [0.717, 1.165) is 12.8 Å². The molecule has 1 unspecified atom stereocenters. The SMILES string of the molecule is N#CC(CO)NC1CCCCC1. The summed E-state index contributed by atoms with van der Waals surface area (Å²) >= 11 is 0. The van der Waals surface area contributed by atoms with Crippen molar-refractivity contribution < 1.29 is 5.11 Å². The topological polar surface area (TPSA) is 56.0 Å². The molecule has 1 saturated carbocycles. The Morgan fingerprint density at radius 2 is 2.08 bits per heavy atom. The first-order valence-corrected chi connectivity index (χ1v) is 4.63. The number of aliphatic hydroxyl groups is 1. The molecule has 0 heterocycles. The predicted molar refractivity (Wildman–Crippen MR) is 46.5 cm³/mol. The van der Waals surface area contributed by atoms with Crippen LogP contribution in [0.1, 0.15) is 32.1 Å². The van der Waals surface area contributed by atoms with Gasteiger partial charge >= 0.3 is 0 Å². The largest absolute Gasteiger partial charge is 0.394 e. The molecule has 3 nitrogen and oxygen atoms in total. The van der Waals surface area contributed by atoms with Crippen molar-refractivity contribution in [2.45, 2.75) is 44.2 Å². The zero-order valence-corrected chi connectivity index (χ0v) is 7.29. The van der Waals surface area contributed by atoms with Gasteiger partial charge in [0.05, 0.1) is 12.7 Å². The molecular formula is C9H16N2O. The van der Waals surface area contributed by atoms with Gasteiger partial charge in [-0.2, -0.15) is 5.26 Å². The van der Waals surface area contributed by atoms with Crippen LogP contribution in [0.2, 0.25) is 0 Å². The summed E-state index contributed by atoms with van der Waals surface area (Å²) in [6.45, 7) is -0.0764. The van der Waals surface area contributed by atoms with Crippen LogP contribution in [0, 0.1) is 11.3 Å². The van der Waals surface area contributed by atoms with Crippen molar-refractivity contribution in [1.29, 1.82) is 5.26 Å². The zero-order valence-electron chi connectivity index (χ0n) is 7.29. The van der Waals surface area contributed by atoms with E-state index >= 15 is 0 Å². The fraction of sp³-hybridized carbons (Fsp3) is 0.889. The minimum Gasteiger partial charge on any atom is -0.394 e. The molecule has 1 fully saturated rings. The minimum atomic E-state index is -0.368. The summed E-state index contributed by atoms with van der Waals surface area (Å²) < 4.78 is 0. The Morgan fingerprint density at radius 1 is 1.42 bits per heavy atom. The third kappa shape index (κ3) is 2.80. The van der Waals surface area contributed by atoms with Gasteiger partial charge in [-0.25, -0.2) is 0 Å². The van der Waals surface area contributed by atoms with Gasteiger partial charge in [-0.05, 0) is 12.8 Å². The van der Waals surface area contributed by atoms with Gasteiger partial charge in [0.25, 0.3) is 0 Å². The van der Waals surface area contributed by atoms with Crippen molar-refractivity contribution in [1.82, 2.24) is 5.32 Å². The van der Waals surface area contributed by atoms with Crippen LogP contribution in [0.25, 0.3) is 0 Å². The molecule has 0 spiro atoms. The average molecular weight is 168 g/mol. The number of nitriles is 1. The maximum atomic E-state index is 8.77. The summed E-state index contributed by atoms with van der Waals surface area (Å²) in [4.78, 5) is 0. The fourth-order valence-electron chi connectivity index (χ4n) is 1.68. The average Bonchev–Trinajstić information content (AvgIpc) is 2.16. The summed E-state index contributed by atoms with van der Waals surface area (Å²) in [5.41, 5.74) is 0. The first-order valence-electron chi connectivity index (χ1n) is 4.63. The number of rotatable bonds is 3. The lowest BCUT2D eigenvalue weighted by molar-refractivity contribution is 0.244. The van der Waals surface area contributed by atoms with Gasteiger partial charge in [-0.3, -0.25) is 5.32 Å². The summed E-state index contributed by atoms with van der Waals surface area (Å²) in [6.07, 6.45) is 6.12. The Morgan fingerprint density at radius 3 is 2.58 bits per heavy atom. The Labute approximate surface area is 73.4 Å². The highest BCUT2D eigenvalue weighted by Gasteiger charge is 2.16. The normalized spacial score (nSPS) is 21.7. The third-order valence-corrected chi connectivity index (χ3v) is 2.38. The monoisotopic (exact) mass is 168 g/mol. The maximum absolute atomic E-state index is 8.77. The molecule has 0 bridgehead atoms. The van der Waals surface area contributed by atoms with Gasteiger partial charge in [-0.1, -0.05) is 19.3 Å². The van der Waals surface area contributed by atoms with Crippen LogP contribution in [0.4, 0.5) is 0 Å². The van der Waals surface area contributed by atoms with E-state index in [4.69, 9.17) is 10.4 Å². The van der Waals surface area contributed by atoms with Crippen molar-refractivity contribution in [3.8, 4) is 6.07 Å². The molecule has 0 saturated heterocycles. The second-order valence-corrected chi connectivity index (χ2v) is 3.37. The Hall–Kier alpha value is -0.590. The van der Waals surface area contributed by atoms with E-state index in [1.165, 1.54) is 19.3 Å². The fourth-order valence-corrected chi connectivity index (χ4v) is 1.68. The first kappa shape index (κ1) is 9.50. The molecule has 68 valence electrons. The van der Waals surface area contributed by atoms with E-state index < -0.39 is 0 Å². The van der Waals surface area contributed by atoms with E-state index in [9.17, 15) is 0 Å². The number of hydrogen-bond acceptors (Lipinski definition) is 3. The van der Waals surface area contributed by atoms with Crippen LogP contribution in [0.15, 0.2) is 0 Å². The molecule has 1 aliphatic carbocycles. The van der Waals surface area contributed by atoms with Crippen molar-refractivity contribution in [3.63, 3.8) is 0 Å². The first-order chi connectivity index (χ1) is 5.86. The molecule has 12 heavy (non-hydrogen) atoms. The van der Waals surface area contributed by atoms with E-state index in [0.29, 0.717) is 6.04 Å². The van der Waals surface area contributed by atoms with Crippen LogP contribution in [0.3, 0.4) is 0 Å². The molecule has 0 amide bonds. The maximum Gasteiger partial charge on any atom is 0.119 e. The summed E-state index contributed by atoms with van der Waals surface area (Å²) in [5, 5.41) is 20.5. The van der Waals surface area contributed by atoms with Crippen molar-refractivity contribution in [2.24, 2.45) is 0 Å². The predicted octanol–water partition coefficient (Wildman–Crippen LogP) is 0.793. The summed E-state index contributed by atoms with van der Waals surface area (Å²) in [7, 11) is 0. The van der Waals surface area contributed by atoms with Crippen LogP contribution in [-0.2, 0) is 0 Å². The summed E-state index contributed by atoms with van der Waals surface area (Å²) in [6, 6.07) is 2.12. The third-order valence-electron chi connectivity index (χ3n) is 2.38. The van der Waals surface area contributed by atoms with Gasteiger partial charge in [0.15, 0.2) is 0 Å². The van der Waals surface area contributed by atoms with Crippen LogP contribution in [0.5, 0.6) is 0 Å². The molecular weight excluding hydrogens is 152 g/mol. The van der Waals surface area contributed by atoms with E-state index in [1.807, 2.05) is 6.07 Å². The highest BCUT2D eigenvalue weighted by Crippen LogP contribution is 2.17. The Bertz CT molecular complexity index is 158. The van der Waals surface area contributed by atoms with Crippen LogP contribution < -0.4 is 5.32 Å². The van der Waals surface area contributed by atoms with Gasteiger partial charge in [0, 0.05) is 6.04 Å². The Kier molecular flexibility index (Phi) is 4.06. The minimum absolute atomic E-state index is 0.0764. The van der Waals surface area contributed by atoms with E-state index in [-0.39, 0.29) is 12.6 Å². The zero-order chi connectivity index (χ0) is 8.81. The summed E-state index contributed by atoms with van der Waals surface area (Å²) in [5.74, 6) is 0. The van der Waals surface area contributed by atoms with Gasteiger partial charge in [0.1, 0.15) is 6.04 Å². The Balaban J connectivity index is 2.24. The van der Waals surface area contributed by atoms with Crippen LogP contribution >= 0.6 is 0 Å². The standard InChI is InChI=1S/C9H16N2O/c10-6-9(7-12)11-8-4-2-1-3-5-8/h8-9,11-12H,1-5,7H2. The van der Waals surface area contributed by atoms with E-state index in [2.05, 4.69) is 5.32 Å². The van der Waals surface area contributed by atoms with Crippen molar-refractivity contribution in [2.75, 3.05) is 6.61 Å². The molecule has 0 aromatic rings. The molecule has 1 atom stereocenters. The molecule has 3 heteroatoms. The van der Waals surface area contributed by atoms with Crippen molar-refractivity contribution in [3.05, 3.63) is 0 Å². The lowest BCUT2D eigenvalue weighted by Gasteiger charge is -2.24. The number of nitrogens with zero attached hydrogens (tertiary/aromatic N) is 1. The molecule has 0 aliphatic heterocycles. The van der Waals surface area contributed by atoms with Gasteiger partial charge < -0.3 is 5.11 Å². The molecule has 0 radical (unpaired) electrons.